The first kappa shape index (κ1) is 14.7. The van der Waals surface area contributed by atoms with Crippen molar-refractivity contribution < 1.29 is 13.6 Å². The summed E-state index contributed by atoms with van der Waals surface area (Å²) in [7, 11) is 0. The molecule has 2 rings (SSSR count). The van der Waals surface area contributed by atoms with Gasteiger partial charge in [-0.2, -0.15) is 0 Å². The van der Waals surface area contributed by atoms with Gasteiger partial charge in [-0.1, -0.05) is 11.6 Å². The zero-order chi connectivity index (χ0) is 14.9. The summed E-state index contributed by atoms with van der Waals surface area (Å²) in [6, 6.07) is 3.03. The predicted molar refractivity (Wildman–Crippen MR) is 75.7 cm³/mol. The molecule has 104 valence electrons. The Morgan fingerprint density at radius 1 is 1.30 bits per heavy atom. The lowest BCUT2D eigenvalue weighted by atomic mass is 10.2. The second-order valence-corrected chi connectivity index (χ2v) is 5.05. The first-order valence-electron chi connectivity index (χ1n) is 5.25. The molecule has 0 saturated carbocycles. The highest BCUT2D eigenvalue weighted by atomic mass is 79.9. The fraction of sp³-hybridized carbons (Fsp3) is 0. The van der Waals surface area contributed by atoms with Gasteiger partial charge in [0.2, 0.25) is 0 Å². The molecule has 0 bridgehead atoms. The lowest BCUT2D eigenvalue weighted by Gasteiger charge is -2.09. The van der Waals surface area contributed by atoms with Gasteiger partial charge >= 0.3 is 0 Å². The molecule has 0 aliphatic rings. The standard InChI is InChI=1S/C12H7BrClF2N3O/c13-6-2-10(9(16)3-8(6)15)19-12(20)5-1-11(17)18-4-7(5)14/h1-4H,(H2,17,18)(H,19,20). The molecule has 1 amide bonds. The van der Waals surface area contributed by atoms with Gasteiger partial charge in [0, 0.05) is 12.3 Å². The van der Waals surface area contributed by atoms with Crippen LogP contribution in [0.2, 0.25) is 5.02 Å². The summed E-state index contributed by atoms with van der Waals surface area (Å²) in [5.41, 5.74) is 5.31. The number of rotatable bonds is 2. The van der Waals surface area contributed by atoms with Crippen LogP contribution in [0.15, 0.2) is 28.9 Å². The van der Waals surface area contributed by atoms with Crippen molar-refractivity contribution in [1.82, 2.24) is 4.98 Å². The maximum atomic E-state index is 13.5. The van der Waals surface area contributed by atoms with Crippen LogP contribution in [0.3, 0.4) is 0 Å². The molecule has 0 saturated heterocycles. The quantitative estimate of drug-likeness (QED) is 0.802. The molecule has 0 unspecified atom stereocenters. The van der Waals surface area contributed by atoms with E-state index in [0.29, 0.717) is 6.07 Å². The molecule has 0 radical (unpaired) electrons. The van der Waals surface area contributed by atoms with E-state index in [1.807, 2.05) is 0 Å². The number of nitrogens with one attached hydrogen (secondary N) is 1. The minimum atomic E-state index is -0.905. The average molecular weight is 363 g/mol. The summed E-state index contributed by atoms with van der Waals surface area (Å²) in [4.78, 5) is 15.7. The summed E-state index contributed by atoms with van der Waals surface area (Å²) in [5.74, 6) is -2.26. The summed E-state index contributed by atoms with van der Waals surface area (Å²) in [6.45, 7) is 0. The Morgan fingerprint density at radius 2 is 2.00 bits per heavy atom. The number of aromatic nitrogens is 1. The van der Waals surface area contributed by atoms with Gasteiger partial charge in [-0.3, -0.25) is 4.79 Å². The van der Waals surface area contributed by atoms with Crippen molar-refractivity contribution in [3.05, 3.63) is 51.1 Å². The molecule has 0 fully saturated rings. The molecule has 1 aromatic heterocycles. The fourth-order valence-corrected chi connectivity index (χ4v) is 1.97. The van der Waals surface area contributed by atoms with Crippen LogP contribution < -0.4 is 11.1 Å². The smallest absolute Gasteiger partial charge is 0.257 e. The molecule has 0 spiro atoms. The lowest BCUT2D eigenvalue weighted by Crippen LogP contribution is -2.14. The van der Waals surface area contributed by atoms with Crippen molar-refractivity contribution in [2.45, 2.75) is 0 Å². The summed E-state index contributed by atoms with van der Waals surface area (Å²) < 4.78 is 26.7. The number of carbonyl (C=O) groups excluding carboxylic acids is 1. The molecule has 1 heterocycles. The van der Waals surface area contributed by atoms with E-state index < -0.39 is 17.5 Å². The largest absolute Gasteiger partial charge is 0.384 e. The third kappa shape index (κ3) is 3.05. The van der Waals surface area contributed by atoms with E-state index >= 15 is 0 Å². The van der Waals surface area contributed by atoms with E-state index in [2.05, 4.69) is 26.2 Å². The van der Waals surface area contributed by atoms with E-state index in [1.165, 1.54) is 12.3 Å². The Kier molecular flexibility index (Phi) is 4.20. The van der Waals surface area contributed by atoms with Crippen LogP contribution in [0, 0.1) is 11.6 Å². The Labute approximate surface area is 126 Å². The fourth-order valence-electron chi connectivity index (χ4n) is 1.44. The zero-order valence-corrected chi connectivity index (χ0v) is 12.1. The van der Waals surface area contributed by atoms with Gasteiger partial charge < -0.3 is 11.1 Å². The van der Waals surface area contributed by atoms with Crippen LogP contribution in [-0.2, 0) is 0 Å². The number of anilines is 2. The topological polar surface area (TPSA) is 68.0 Å². The van der Waals surface area contributed by atoms with Crippen molar-refractivity contribution in [3.8, 4) is 0 Å². The van der Waals surface area contributed by atoms with E-state index in [9.17, 15) is 13.6 Å². The number of nitrogen functional groups attached to an aromatic ring is 1. The lowest BCUT2D eigenvalue weighted by molar-refractivity contribution is 0.102. The third-order valence-electron chi connectivity index (χ3n) is 2.38. The highest BCUT2D eigenvalue weighted by Gasteiger charge is 2.15. The number of nitrogens with zero attached hydrogens (tertiary/aromatic N) is 1. The van der Waals surface area contributed by atoms with Crippen molar-refractivity contribution in [2.75, 3.05) is 11.1 Å². The Balaban J connectivity index is 2.32. The van der Waals surface area contributed by atoms with Crippen molar-refractivity contribution in [1.29, 1.82) is 0 Å². The number of halogens is 4. The first-order chi connectivity index (χ1) is 9.38. The van der Waals surface area contributed by atoms with Gasteiger partial charge in [-0.25, -0.2) is 13.8 Å². The van der Waals surface area contributed by atoms with E-state index in [1.54, 1.807) is 0 Å². The highest BCUT2D eigenvalue weighted by Crippen LogP contribution is 2.25. The maximum Gasteiger partial charge on any atom is 0.257 e. The van der Waals surface area contributed by atoms with Gasteiger partial charge in [-0.05, 0) is 28.1 Å². The van der Waals surface area contributed by atoms with Crippen molar-refractivity contribution >= 4 is 44.9 Å². The van der Waals surface area contributed by atoms with E-state index in [0.717, 1.165) is 6.07 Å². The van der Waals surface area contributed by atoms with Gasteiger partial charge in [0.15, 0.2) is 0 Å². The predicted octanol–water partition coefficient (Wildman–Crippen LogP) is 3.61. The maximum absolute atomic E-state index is 13.5. The number of amides is 1. The van der Waals surface area contributed by atoms with Crippen molar-refractivity contribution in [3.63, 3.8) is 0 Å². The Morgan fingerprint density at radius 3 is 2.70 bits per heavy atom. The molecule has 3 N–H and O–H groups in total. The van der Waals surface area contributed by atoms with Crippen LogP contribution in [0.25, 0.3) is 0 Å². The van der Waals surface area contributed by atoms with Gasteiger partial charge in [-0.15, -0.1) is 0 Å². The summed E-state index contributed by atoms with van der Waals surface area (Å²) in [5, 5.41) is 2.35. The molecule has 20 heavy (non-hydrogen) atoms. The van der Waals surface area contributed by atoms with E-state index in [4.69, 9.17) is 17.3 Å². The normalized spacial score (nSPS) is 10.4. The number of nitrogens with two attached hydrogens (primary N) is 1. The SMILES string of the molecule is Nc1cc(C(=O)Nc2cc(Br)c(F)cc2F)c(Cl)cn1. The molecule has 0 aliphatic carbocycles. The summed E-state index contributed by atoms with van der Waals surface area (Å²) in [6.07, 6.45) is 1.21. The number of carbonyl (C=O) groups is 1. The van der Waals surface area contributed by atoms with Crippen LogP contribution in [0.1, 0.15) is 10.4 Å². The molecule has 0 aliphatic heterocycles. The number of hydrogen-bond acceptors (Lipinski definition) is 3. The summed E-state index contributed by atoms with van der Waals surface area (Å²) >= 11 is 8.72. The molecular formula is C12H7BrClF2N3O. The number of benzene rings is 1. The second kappa shape index (κ2) is 5.72. The minimum absolute atomic E-state index is 0.0227. The Hall–Kier alpha value is -1.73. The monoisotopic (exact) mass is 361 g/mol. The molecule has 1 aromatic carbocycles. The second-order valence-electron chi connectivity index (χ2n) is 3.79. The van der Waals surface area contributed by atoms with Gasteiger partial charge in [0.25, 0.3) is 5.91 Å². The average Bonchev–Trinajstić information content (AvgIpc) is 2.38. The number of hydrogen-bond donors (Lipinski definition) is 2. The van der Waals surface area contributed by atoms with E-state index in [-0.39, 0.29) is 26.6 Å². The van der Waals surface area contributed by atoms with Crippen molar-refractivity contribution in [2.24, 2.45) is 0 Å². The molecule has 8 heteroatoms. The zero-order valence-electron chi connectivity index (χ0n) is 9.75. The minimum Gasteiger partial charge on any atom is -0.384 e. The molecule has 2 aromatic rings. The molecule has 4 nitrogen and oxygen atoms in total. The van der Waals surface area contributed by atoms with Gasteiger partial charge in [0.1, 0.15) is 17.5 Å². The van der Waals surface area contributed by atoms with Gasteiger partial charge in [0.05, 0.1) is 20.7 Å². The Bertz CT molecular complexity index is 697. The number of pyridine rings is 1. The molecular weight excluding hydrogens is 356 g/mol. The van der Waals surface area contributed by atoms with Crippen LogP contribution >= 0.6 is 27.5 Å². The highest BCUT2D eigenvalue weighted by molar-refractivity contribution is 9.10. The van der Waals surface area contributed by atoms with Crippen LogP contribution in [0.4, 0.5) is 20.3 Å². The van der Waals surface area contributed by atoms with Crippen LogP contribution in [-0.4, -0.2) is 10.9 Å². The molecule has 0 atom stereocenters. The van der Waals surface area contributed by atoms with Crippen LogP contribution in [0.5, 0.6) is 0 Å². The first-order valence-corrected chi connectivity index (χ1v) is 6.42. The third-order valence-corrected chi connectivity index (χ3v) is 3.29.